The van der Waals surface area contributed by atoms with Crippen LogP contribution in [0.3, 0.4) is 0 Å². The minimum absolute atomic E-state index is 0.000742. The SMILES string of the molecule is CCn1c(-c2ccccc2)cc(C(=O)N2CCn3ccnc3C2C(C)C)c1C. The molecule has 1 aliphatic heterocycles. The molecule has 3 heterocycles. The van der Waals surface area contributed by atoms with Gasteiger partial charge in [0.25, 0.3) is 5.91 Å². The summed E-state index contributed by atoms with van der Waals surface area (Å²) < 4.78 is 4.41. The van der Waals surface area contributed by atoms with E-state index in [1.54, 1.807) is 0 Å². The van der Waals surface area contributed by atoms with Gasteiger partial charge in [-0.1, -0.05) is 44.2 Å². The predicted molar refractivity (Wildman–Crippen MR) is 111 cm³/mol. The zero-order valence-electron chi connectivity index (χ0n) is 17.1. The van der Waals surface area contributed by atoms with Crippen LogP contribution in [0.1, 0.15) is 48.7 Å². The van der Waals surface area contributed by atoms with E-state index in [-0.39, 0.29) is 11.9 Å². The Hall–Kier alpha value is -2.82. The molecule has 5 nitrogen and oxygen atoms in total. The molecule has 0 aliphatic carbocycles. The van der Waals surface area contributed by atoms with Gasteiger partial charge in [0.2, 0.25) is 0 Å². The van der Waals surface area contributed by atoms with Crippen molar-refractivity contribution in [2.45, 2.75) is 46.8 Å². The van der Waals surface area contributed by atoms with Gasteiger partial charge in [0.05, 0.1) is 11.6 Å². The molecule has 0 saturated carbocycles. The molecular formula is C23H28N4O. The molecule has 2 aromatic heterocycles. The quantitative estimate of drug-likeness (QED) is 0.671. The molecule has 0 fully saturated rings. The average Bonchev–Trinajstić information content (AvgIpc) is 3.31. The molecule has 0 bridgehead atoms. The van der Waals surface area contributed by atoms with Crippen LogP contribution in [-0.2, 0) is 13.1 Å². The maximum Gasteiger partial charge on any atom is 0.256 e. The van der Waals surface area contributed by atoms with Crippen LogP contribution in [0.5, 0.6) is 0 Å². The predicted octanol–water partition coefficient (Wildman–Crippen LogP) is 4.53. The van der Waals surface area contributed by atoms with Crippen LogP contribution in [0, 0.1) is 12.8 Å². The first kappa shape index (κ1) is 18.5. The van der Waals surface area contributed by atoms with Gasteiger partial charge < -0.3 is 14.0 Å². The van der Waals surface area contributed by atoms with E-state index in [0.29, 0.717) is 12.5 Å². The lowest BCUT2D eigenvalue weighted by Gasteiger charge is -2.38. The molecule has 146 valence electrons. The van der Waals surface area contributed by atoms with E-state index in [2.05, 4.69) is 60.0 Å². The second-order valence-electron chi connectivity index (χ2n) is 7.81. The number of imidazole rings is 1. The fourth-order valence-electron chi connectivity index (χ4n) is 4.43. The summed E-state index contributed by atoms with van der Waals surface area (Å²) in [6.45, 7) is 10.8. The lowest BCUT2D eigenvalue weighted by molar-refractivity contribution is 0.0546. The van der Waals surface area contributed by atoms with Gasteiger partial charge in [-0.2, -0.15) is 0 Å². The Bertz CT molecular complexity index is 983. The monoisotopic (exact) mass is 376 g/mol. The lowest BCUT2D eigenvalue weighted by atomic mass is 9.98. The fourth-order valence-corrected chi connectivity index (χ4v) is 4.43. The Morgan fingerprint density at radius 1 is 1.21 bits per heavy atom. The van der Waals surface area contributed by atoms with Crippen LogP contribution < -0.4 is 0 Å². The Morgan fingerprint density at radius 3 is 2.64 bits per heavy atom. The number of hydrogen-bond acceptors (Lipinski definition) is 2. The van der Waals surface area contributed by atoms with E-state index in [1.807, 2.05) is 35.5 Å². The highest BCUT2D eigenvalue weighted by Crippen LogP contribution is 2.34. The molecule has 1 aliphatic rings. The number of rotatable bonds is 4. The van der Waals surface area contributed by atoms with Crippen molar-refractivity contribution in [3.05, 3.63) is 65.9 Å². The summed E-state index contributed by atoms with van der Waals surface area (Å²) in [7, 11) is 0. The second-order valence-corrected chi connectivity index (χ2v) is 7.81. The first-order chi connectivity index (χ1) is 13.5. The van der Waals surface area contributed by atoms with Crippen molar-refractivity contribution in [1.29, 1.82) is 0 Å². The summed E-state index contributed by atoms with van der Waals surface area (Å²) in [5.41, 5.74) is 4.07. The van der Waals surface area contributed by atoms with Gasteiger partial charge in [0, 0.05) is 43.4 Å². The summed E-state index contributed by atoms with van der Waals surface area (Å²) >= 11 is 0. The van der Waals surface area contributed by atoms with E-state index < -0.39 is 0 Å². The number of fused-ring (bicyclic) bond motifs is 1. The number of benzene rings is 1. The van der Waals surface area contributed by atoms with Gasteiger partial charge in [-0.05, 0) is 31.4 Å². The van der Waals surface area contributed by atoms with Crippen molar-refractivity contribution >= 4 is 5.91 Å². The summed E-state index contributed by atoms with van der Waals surface area (Å²) in [4.78, 5) is 20.2. The number of carbonyl (C=O) groups is 1. The standard InChI is InChI=1S/C23H28N4O/c1-5-26-17(4)19(15-20(26)18-9-7-6-8-10-18)23(28)27-14-13-25-12-11-24-22(25)21(27)16(2)3/h6-12,15-16,21H,5,13-14H2,1-4H3. The van der Waals surface area contributed by atoms with Crippen molar-refractivity contribution in [2.24, 2.45) is 5.92 Å². The van der Waals surface area contributed by atoms with Gasteiger partial charge >= 0.3 is 0 Å². The Labute approximate surface area is 166 Å². The van der Waals surface area contributed by atoms with Crippen molar-refractivity contribution in [1.82, 2.24) is 19.0 Å². The molecular weight excluding hydrogens is 348 g/mol. The second kappa shape index (κ2) is 7.30. The van der Waals surface area contributed by atoms with Gasteiger partial charge in [0.15, 0.2) is 0 Å². The van der Waals surface area contributed by atoms with Gasteiger partial charge in [0.1, 0.15) is 5.82 Å². The van der Waals surface area contributed by atoms with Crippen LogP contribution >= 0.6 is 0 Å². The third-order valence-corrected chi connectivity index (χ3v) is 5.80. The van der Waals surface area contributed by atoms with E-state index in [9.17, 15) is 4.79 Å². The molecule has 0 N–H and O–H groups in total. The summed E-state index contributed by atoms with van der Waals surface area (Å²) in [5.74, 6) is 1.40. The molecule has 0 saturated heterocycles. The summed E-state index contributed by atoms with van der Waals surface area (Å²) in [6.07, 6.45) is 3.85. The summed E-state index contributed by atoms with van der Waals surface area (Å²) in [6, 6.07) is 12.4. The first-order valence-corrected chi connectivity index (χ1v) is 10.1. The number of hydrogen-bond donors (Lipinski definition) is 0. The van der Waals surface area contributed by atoms with Crippen LogP contribution in [0.15, 0.2) is 48.8 Å². The van der Waals surface area contributed by atoms with Gasteiger partial charge in [-0.3, -0.25) is 4.79 Å². The summed E-state index contributed by atoms with van der Waals surface area (Å²) in [5, 5.41) is 0. The lowest BCUT2D eigenvalue weighted by Crippen LogP contribution is -2.44. The van der Waals surface area contributed by atoms with Crippen LogP contribution in [0.25, 0.3) is 11.3 Å². The van der Waals surface area contributed by atoms with E-state index in [4.69, 9.17) is 0 Å². The normalized spacial score (nSPS) is 16.5. The Morgan fingerprint density at radius 2 is 1.96 bits per heavy atom. The topological polar surface area (TPSA) is 43.1 Å². The van der Waals surface area contributed by atoms with Crippen molar-refractivity contribution < 1.29 is 4.79 Å². The maximum absolute atomic E-state index is 13.7. The number of amides is 1. The molecule has 0 spiro atoms. The van der Waals surface area contributed by atoms with Crippen molar-refractivity contribution in [3.8, 4) is 11.3 Å². The Balaban J connectivity index is 1.75. The zero-order valence-corrected chi connectivity index (χ0v) is 17.1. The van der Waals surface area contributed by atoms with Crippen LogP contribution in [0.2, 0.25) is 0 Å². The van der Waals surface area contributed by atoms with Crippen LogP contribution in [-0.4, -0.2) is 31.5 Å². The molecule has 28 heavy (non-hydrogen) atoms. The Kier molecular flexibility index (Phi) is 4.84. The fraction of sp³-hybridized carbons (Fsp3) is 0.391. The molecule has 1 aromatic carbocycles. The van der Waals surface area contributed by atoms with Crippen molar-refractivity contribution in [3.63, 3.8) is 0 Å². The van der Waals surface area contributed by atoms with Crippen LogP contribution in [0.4, 0.5) is 0 Å². The number of nitrogens with zero attached hydrogens (tertiary/aromatic N) is 4. The highest BCUT2D eigenvalue weighted by molar-refractivity contribution is 5.97. The molecule has 4 rings (SSSR count). The highest BCUT2D eigenvalue weighted by atomic mass is 16.2. The largest absolute Gasteiger partial charge is 0.344 e. The third-order valence-electron chi connectivity index (χ3n) is 5.80. The molecule has 5 heteroatoms. The molecule has 1 amide bonds. The minimum Gasteiger partial charge on any atom is -0.344 e. The first-order valence-electron chi connectivity index (χ1n) is 10.1. The number of carbonyl (C=O) groups excluding carboxylic acids is 1. The zero-order chi connectivity index (χ0) is 19.8. The highest BCUT2D eigenvalue weighted by Gasteiger charge is 2.35. The van der Waals surface area contributed by atoms with Gasteiger partial charge in [-0.15, -0.1) is 0 Å². The maximum atomic E-state index is 13.7. The molecule has 0 radical (unpaired) electrons. The smallest absolute Gasteiger partial charge is 0.256 e. The molecule has 1 unspecified atom stereocenters. The molecule has 1 atom stereocenters. The van der Waals surface area contributed by atoms with Crippen molar-refractivity contribution in [2.75, 3.05) is 6.54 Å². The average molecular weight is 377 g/mol. The third kappa shape index (κ3) is 2.95. The number of aromatic nitrogens is 3. The minimum atomic E-state index is 0.000742. The van der Waals surface area contributed by atoms with Gasteiger partial charge in [-0.25, -0.2) is 4.98 Å². The van der Waals surface area contributed by atoms with E-state index in [0.717, 1.165) is 41.4 Å². The van der Waals surface area contributed by atoms with E-state index in [1.165, 1.54) is 0 Å². The molecule has 3 aromatic rings. The van der Waals surface area contributed by atoms with E-state index >= 15 is 0 Å².